The molecule has 0 saturated heterocycles. The quantitative estimate of drug-likeness (QED) is 0.778. The van der Waals surface area contributed by atoms with Crippen molar-refractivity contribution in [2.45, 2.75) is 24.7 Å². The highest BCUT2D eigenvalue weighted by Crippen LogP contribution is 2.19. The highest BCUT2D eigenvalue weighted by atomic mass is 35.5. The topological polar surface area (TPSA) is 66.4 Å². The average Bonchev–Trinajstić information content (AvgIpc) is 2.28. The Labute approximate surface area is 107 Å². The van der Waals surface area contributed by atoms with Crippen LogP contribution in [0.1, 0.15) is 18.4 Å². The molecule has 0 bridgehead atoms. The van der Waals surface area contributed by atoms with Gasteiger partial charge < -0.3 is 5.11 Å². The molecule has 6 heteroatoms. The smallest absolute Gasteiger partial charge is 0.240 e. The Morgan fingerprint density at radius 3 is 2.71 bits per heavy atom. The highest BCUT2D eigenvalue weighted by Gasteiger charge is 2.16. The fraction of sp³-hybridized carbons (Fsp3) is 0.455. The van der Waals surface area contributed by atoms with Crippen LogP contribution in [-0.2, 0) is 10.0 Å². The lowest BCUT2D eigenvalue weighted by Crippen LogP contribution is -2.25. The molecule has 0 saturated carbocycles. The Balaban J connectivity index is 2.79. The normalized spacial score (nSPS) is 11.7. The van der Waals surface area contributed by atoms with E-state index in [9.17, 15) is 8.42 Å². The summed E-state index contributed by atoms with van der Waals surface area (Å²) in [6, 6.07) is 4.76. The van der Waals surface area contributed by atoms with Crippen molar-refractivity contribution in [2.24, 2.45) is 0 Å². The molecular weight excluding hydrogens is 262 g/mol. The SMILES string of the molecule is Cc1ccc(Cl)cc1S(=O)(=O)NCCCCO. The van der Waals surface area contributed by atoms with E-state index < -0.39 is 10.0 Å². The molecule has 0 radical (unpaired) electrons. The van der Waals surface area contributed by atoms with Crippen molar-refractivity contribution < 1.29 is 13.5 Å². The van der Waals surface area contributed by atoms with Gasteiger partial charge in [-0.1, -0.05) is 17.7 Å². The van der Waals surface area contributed by atoms with Crippen LogP contribution in [0.3, 0.4) is 0 Å². The van der Waals surface area contributed by atoms with Gasteiger partial charge >= 0.3 is 0 Å². The van der Waals surface area contributed by atoms with Gasteiger partial charge in [0.2, 0.25) is 10.0 Å². The second kappa shape index (κ2) is 6.35. The Morgan fingerprint density at radius 2 is 2.06 bits per heavy atom. The summed E-state index contributed by atoms with van der Waals surface area (Å²) in [5, 5.41) is 8.99. The number of aryl methyl sites for hydroxylation is 1. The summed E-state index contributed by atoms with van der Waals surface area (Å²) >= 11 is 5.78. The van der Waals surface area contributed by atoms with Gasteiger partial charge in [-0.05, 0) is 37.5 Å². The number of halogens is 1. The third-order valence-corrected chi connectivity index (χ3v) is 4.15. The summed E-state index contributed by atoms with van der Waals surface area (Å²) in [5.74, 6) is 0. The third-order valence-electron chi connectivity index (χ3n) is 2.32. The summed E-state index contributed by atoms with van der Waals surface area (Å²) in [7, 11) is -3.51. The lowest BCUT2D eigenvalue weighted by atomic mass is 10.2. The van der Waals surface area contributed by atoms with Gasteiger partial charge in [-0.3, -0.25) is 0 Å². The average molecular weight is 278 g/mol. The Morgan fingerprint density at radius 1 is 1.35 bits per heavy atom. The number of hydrogen-bond acceptors (Lipinski definition) is 3. The van der Waals surface area contributed by atoms with Crippen molar-refractivity contribution in [2.75, 3.05) is 13.2 Å². The molecule has 0 aliphatic heterocycles. The van der Waals surface area contributed by atoms with Gasteiger partial charge in [0.15, 0.2) is 0 Å². The minimum Gasteiger partial charge on any atom is -0.396 e. The molecule has 0 amide bonds. The molecular formula is C11H16ClNO3S. The molecule has 1 rings (SSSR count). The summed E-state index contributed by atoms with van der Waals surface area (Å²) < 4.78 is 26.4. The van der Waals surface area contributed by atoms with Crippen LogP contribution < -0.4 is 4.72 Å². The zero-order valence-electron chi connectivity index (χ0n) is 9.61. The van der Waals surface area contributed by atoms with Gasteiger partial charge in [-0.25, -0.2) is 13.1 Å². The van der Waals surface area contributed by atoms with Gasteiger partial charge in [-0.2, -0.15) is 0 Å². The lowest BCUT2D eigenvalue weighted by Gasteiger charge is -2.09. The second-order valence-electron chi connectivity index (χ2n) is 3.74. The molecule has 0 fully saturated rings. The van der Waals surface area contributed by atoms with Gasteiger partial charge in [0.1, 0.15) is 0 Å². The molecule has 0 aromatic heterocycles. The summed E-state index contributed by atoms with van der Waals surface area (Å²) in [4.78, 5) is 0.203. The third kappa shape index (κ3) is 4.27. The highest BCUT2D eigenvalue weighted by molar-refractivity contribution is 7.89. The molecule has 1 aromatic carbocycles. The molecule has 96 valence electrons. The first-order chi connectivity index (χ1) is 7.97. The van der Waals surface area contributed by atoms with Crippen LogP contribution in [0.4, 0.5) is 0 Å². The largest absolute Gasteiger partial charge is 0.396 e. The van der Waals surface area contributed by atoms with Crippen LogP contribution in [-0.4, -0.2) is 26.7 Å². The molecule has 0 unspecified atom stereocenters. The Kier molecular flexibility index (Phi) is 5.39. The predicted octanol–water partition coefficient (Wildman–Crippen LogP) is 1.70. The van der Waals surface area contributed by atoms with Crippen LogP contribution >= 0.6 is 11.6 Å². The zero-order valence-corrected chi connectivity index (χ0v) is 11.2. The number of nitrogens with one attached hydrogen (secondary N) is 1. The second-order valence-corrected chi connectivity index (χ2v) is 5.91. The van der Waals surface area contributed by atoms with Crippen molar-refractivity contribution in [3.05, 3.63) is 28.8 Å². The molecule has 2 N–H and O–H groups in total. The summed E-state index contributed by atoms with van der Waals surface area (Å²) in [6.45, 7) is 2.10. The van der Waals surface area contributed by atoms with E-state index >= 15 is 0 Å². The molecule has 0 aliphatic carbocycles. The van der Waals surface area contributed by atoms with Crippen LogP contribution in [0.5, 0.6) is 0 Å². The van der Waals surface area contributed by atoms with Gasteiger partial charge in [0.25, 0.3) is 0 Å². The first-order valence-electron chi connectivity index (χ1n) is 5.34. The van der Waals surface area contributed by atoms with Crippen LogP contribution in [0.2, 0.25) is 5.02 Å². The molecule has 0 atom stereocenters. The molecule has 1 aromatic rings. The van der Waals surface area contributed by atoms with Crippen molar-refractivity contribution >= 4 is 21.6 Å². The van der Waals surface area contributed by atoms with Gasteiger partial charge in [0.05, 0.1) is 4.90 Å². The fourth-order valence-electron chi connectivity index (χ4n) is 1.38. The van der Waals surface area contributed by atoms with E-state index in [0.29, 0.717) is 30.0 Å². The van der Waals surface area contributed by atoms with Crippen molar-refractivity contribution in [3.63, 3.8) is 0 Å². The Hall–Kier alpha value is -0.620. The Bertz CT molecular complexity index is 474. The number of unbranched alkanes of at least 4 members (excludes halogenated alkanes) is 1. The van der Waals surface area contributed by atoms with E-state index in [-0.39, 0.29) is 11.5 Å². The maximum atomic E-state index is 11.9. The first-order valence-corrected chi connectivity index (χ1v) is 7.20. The standard InChI is InChI=1S/C11H16ClNO3S/c1-9-4-5-10(12)8-11(9)17(15,16)13-6-2-3-7-14/h4-5,8,13-14H,2-3,6-7H2,1H3. The molecule has 0 heterocycles. The van der Waals surface area contributed by atoms with E-state index in [1.807, 2.05) is 0 Å². The summed E-state index contributed by atoms with van der Waals surface area (Å²) in [6.07, 6.45) is 1.19. The van der Waals surface area contributed by atoms with Crippen molar-refractivity contribution in [1.82, 2.24) is 4.72 Å². The van der Waals surface area contributed by atoms with Crippen molar-refractivity contribution in [1.29, 1.82) is 0 Å². The number of aliphatic hydroxyl groups is 1. The van der Waals surface area contributed by atoms with E-state index in [1.54, 1.807) is 19.1 Å². The molecule has 0 aliphatic rings. The minimum atomic E-state index is -3.51. The van der Waals surface area contributed by atoms with E-state index in [0.717, 1.165) is 0 Å². The molecule has 17 heavy (non-hydrogen) atoms. The molecule has 0 spiro atoms. The number of aliphatic hydroxyl groups excluding tert-OH is 1. The number of sulfonamides is 1. The van der Waals surface area contributed by atoms with E-state index in [4.69, 9.17) is 16.7 Å². The lowest BCUT2D eigenvalue weighted by molar-refractivity contribution is 0.285. The predicted molar refractivity (Wildman–Crippen MR) is 67.7 cm³/mol. The van der Waals surface area contributed by atoms with E-state index in [1.165, 1.54) is 6.07 Å². The first kappa shape index (κ1) is 14.4. The number of benzene rings is 1. The maximum Gasteiger partial charge on any atom is 0.240 e. The number of hydrogen-bond donors (Lipinski definition) is 2. The van der Waals surface area contributed by atoms with Crippen LogP contribution in [0.25, 0.3) is 0 Å². The zero-order chi connectivity index (χ0) is 12.9. The van der Waals surface area contributed by atoms with Crippen molar-refractivity contribution in [3.8, 4) is 0 Å². The summed E-state index contributed by atoms with van der Waals surface area (Å²) in [5.41, 5.74) is 0.657. The fourth-order valence-corrected chi connectivity index (χ4v) is 2.96. The number of rotatable bonds is 6. The van der Waals surface area contributed by atoms with Crippen LogP contribution in [0, 0.1) is 6.92 Å². The van der Waals surface area contributed by atoms with Gasteiger partial charge in [-0.15, -0.1) is 0 Å². The maximum absolute atomic E-state index is 11.9. The van der Waals surface area contributed by atoms with Crippen LogP contribution in [0.15, 0.2) is 23.1 Å². The van der Waals surface area contributed by atoms with Gasteiger partial charge in [0, 0.05) is 18.2 Å². The monoisotopic (exact) mass is 277 g/mol. The minimum absolute atomic E-state index is 0.0674. The van der Waals surface area contributed by atoms with E-state index in [2.05, 4.69) is 4.72 Å². The molecule has 4 nitrogen and oxygen atoms in total.